The molecule has 1 saturated heterocycles. The Kier molecular flexibility index (Phi) is 3.31. The molecule has 3 rings (SSSR count). The van der Waals surface area contributed by atoms with E-state index >= 15 is 0 Å². The van der Waals surface area contributed by atoms with Gasteiger partial charge in [-0.2, -0.15) is 0 Å². The van der Waals surface area contributed by atoms with E-state index in [9.17, 15) is 4.79 Å². The summed E-state index contributed by atoms with van der Waals surface area (Å²) >= 11 is 0. The number of hydrogen-bond acceptors (Lipinski definition) is 4. The molecule has 0 spiro atoms. The van der Waals surface area contributed by atoms with Crippen molar-refractivity contribution in [1.82, 2.24) is 14.5 Å². The number of nitrogens with zero attached hydrogens (tertiary/aromatic N) is 4. The summed E-state index contributed by atoms with van der Waals surface area (Å²) in [5, 5.41) is 8.87. The molecule has 1 fully saturated rings. The minimum atomic E-state index is -0.854. The Balaban J connectivity index is 1.86. The molecule has 1 aromatic heterocycles. The van der Waals surface area contributed by atoms with Crippen molar-refractivity contribution < 1.29 is 9.90 Å². The van der Waals surface area contributed by atoms with Gasteiger partial charge in [0.2, 0.25) is 0 Å². The Hall–Kier alpha value is -2.08. The molecule has 0 amide bonds. The van der Waals surface area contributed by atoms with Gasteiger partial charge in [0.05, 0.1) is 17.4 Å². The van der Waals surface area contributed by atoms with E-state index in [-0.39, 0.29) is 6.54 Å². The lowest BCUT2D eigenvalue weighted by atomic mass is 10.2. The molecular weight excluding hydrogens is 256 g/mol. The molecule has 6 nitrogen and oxygen atoms in total. The number of aromatic nitrogens is 2. The molecule has 1 N–H and O–H groups in total. The first-order chi connectivity index (χ1) is 9.63. The first kappa shape index (κ1) is 12.9. The van der Waals surface area contributed by atoms with Crippen molar-refractivity contribution in [3.63, 3.8) is 0 Å². The Labute approximate surface area is 117 Å². The summed E-state index contributed by atoms with van der Waals surface area (Å²) in [5.74, 6) is -0.854. The molecule has 1 aliphatic heterocycles. The van der Waals surface area contributed by atoms with Crippen LogP contribution in [0.5, 0.6) is 0 Å². The van der Waals surface area contributed by atoms with Crippen molar-refractivity contribution in [2.75, 3.05) is 38.1 Å². The number of likely N-dealkylation sites (N-methyl/N-ethyl adjacent to an activating group) is 1. The Morgan fingerprint density at radius 2 is 2.05 bits per heavy atom. The summed E-state index contributed by atoms with van der Waals surface area (Å²) in [7, 11) is 2.13. The summed E-state index contributed by atoms with van der Waals surface area (Å²) in [6.45, 7) is 4.09. The highest BCUT2D eigenvalue weighted by Crippen LogP contribution is 2.22. The quantitative estimate of drug-likeness (QED) is 0.900. The molecule has 0 bridgehead atoms. The molecule has 0 unspecified atom stereocenters. The van der Waals surface area contributed by atoms with Crippen LogP contribution in [0.2, 0.25) is 0 Å². The number of carboxylic acids is 1. The first-order valence-corrected chi connectivity index (χ1v) is 6.73. The zero-order valence-corrected chi connectivity index (χ0v) is 11.5. The maximum atomic E-state index is 10.8. The summed E-state index contributed by atoms with van der Waals surface area (Å²) in [6.07, 6.45) is 1.59. The lowest BCUT2D eigenvalue weighted by Crippen LogP contribution is -2.44. The fraction of sp³-hybridized carbons (Fsp3) is 0.429. The van der Waals surface area contributed by atoms with Gasteiger partial charge in [0.1, 0.15) is 6.54 Å². The molecule has 0 aliphatic carbocycles. The van der Waals surface area contributed by atoms with Crippen LogP contribution in [0.3, 0.4) is 0 Å². The number of rotatable bonds is 3. The van der Waals surface area contributed by atoms with Gasteiger partial charge >= 0.3 is 5.97 Å². The lowest BCUT2D eigenvalue weighted by molar-refractivity contribution is -0.137. The second-order valence-corrected chi connectivity index (χ2v) is 5.23. The molecule has 20 heavy (non-hydrogen) atoms. The molecule has 106 valence electrons. The largest absolute Gasteiger partial charge is 0.480 e. The van der Waals surface area contributed by atoms with Crippen LogP contribution in [0.4, 0.5) is 5.69 Å². The molecular formula is C14H18N4O2. The second kappa shape index (κ2) is 5.13. The Morgan fingerprint density at radius 3 is 2.75 bits per heavy atom. The van der Waals surface area contributed by atoms with E-state index in [2.05, 4.69) is 21.8 Å². The van der Waals surface area contributed by atoms with Gasteiger partial charge in [-0.05, 0) is 25.2 Å². The number of carboxylic acid groups (broad SMARTS) is 1. The monoisotopic (exact) mass is 274 g/mol. The number of anilines is 1. The van der Waals surface area contributed by atoms with Crippen LogP contribution >= 0.6 is 0 Å². The SMILES string of the molecule is CN1CCN(c2ccc3c(c2)ncn3CC(=O)O)CC1. The maximum absolute atomic E-state index is 10.8. The van der Waals surface area contributed by atoms with E-state index in [1.165, 1.54) is 0 Å². The smallest absolute Gasteiger partial charge is 0.323 e. The van der Waals surface area contributed by atoms with E-state index in [0.29, 0.717) is 0 Å². The average molecular weight is 274 g/mol. The van der Waals surface area contributed by atoms with Gasteiger partial charge < -0.3 is 19.5 Å². The fourth-order valence-corrected chi connectivity index (χ4v) is 2.59. The maximum Gasteiger partial charge on any atom is 0.323 e. The number of imidazole rings is 1. The third kappa shape index (κ3) is 2.46. The van der Waals surface area contributed by atoms with Crippen molar-refractivity contribution in [2.45, 2.75) is 6.54 Å². The molecule has 0 saturated carbocycles. The van der Waals surface area contributed by atoms with Gasteiger partial charge in [0, 0.05) is 31.9 Å². The Morgan fingerprint density at radius 1 is 1.30 bits per heavy atom. The predicted molar refractivity (Wildman–Crippen MR) is 77.1 cm³/mol. The third-order valence-electron chi connectivity index (χ3n) is 3.78. The zero-order valence-electron chi connectivity index (χ0n) is 11.5. The van der Waals surface area contributed by atoms with Crippen molar-refractivity contribution in [1.29, 1.82) is 0 Å². The van der Waals surface area contributed by atoms with Gasteiger partial charge in [-0.25, -0.2) is 4.98 Å². The topological polar surface area (TPSA) is 61.6 Å². The molecule has 2 aromatic rings. The number of aliphatic carboxylic acids is 1. The second-order valence-electron chi connectivity index (χ2n) is 5.23. The van der Waals surface area contributed by atoms with Crippen LogP contribution in [0.15, 0.2) is 24.5 Å². The summed E-state index contributed by atoms with van der Waals surface area (Å²) in [4.78, 5) is 19.8. The van der Waals surface area contributed by atoms with Crippen molar-refractivity contribution >= 4 is 22.7 Å². The summed E-state index contributed by atoms with van der Waals surface area (Å²) in [5.41, 5.74) is 2.87. The van der Waals surface area contributed by atoms with Gasteiger partial charge in [0.25, 0.3) is 0 Å². The minimum absolute atomic E-state index is 0.0512. The minimum Gasteiger partial charge on any atom is -0.480 e. The van der Waals surface area contributed by atoms with Gasteiger partial charge in [-0.1, -0.05) is 0 Å². The highest BCUT2D eigenvalue weighted by molar-refractivity contribution is 5.81. The number of hydrogen-bond donors (Lipinski definition) is 1. The number of piperazine rings is 1. The van der Waals surface area contributed by atoms with Gasteiger partial charge in [0.15, 0.2) is 0 Å². The highest BCUT2D eigenvalue weighted by atomic mass is 16.4. The molecule has 1 aliphatic rings. The molecule has 0 radical (unpaired) electrons. The molecule has 0 atom stereocenters. The van der Waals surface area contributed by atoms with Crippen LogP contribution < -0.4 is 4.90 Å². The van der Waals surface area contributed by atoms with Crippen LogP contribution in [0.25, 0.3) is 11.0 Å². The highest BCUT2D eigenvalue weighted by Gasteiger charge is 2.15. The van der Waals surface area contributed by atoms with Crippen LogP contribution in [-0.2, 0) is 11.3 Å². The normalized spacial score (nSPS) is 16.8. The number of fused-ring (bicyclic) bond motifs is 1. The van der Waals surface area contributed by atoms with E-state index in [1.807, 2.05) is 18.2 Å². The summed E-state index contributed by atoms with van der Waals surface area (Å²) < 4.78 is 1.66. The average Bonchev–Trinajstić information content (AvgIpc) is 2.81. The Bertz CT molecular complexity index is 629. The van der Waals surface area contributed by atoms with Gasteiger partial charge in [-0.15, -0.1) is 0 Å². The lowest BCUT2D eigenvalue weighted by Gasteiger charge is -2.34. The van der Waals surface area contributed by atoms with E-state index in [1.54, 1.807) is 10.9 Å². The van der Waals surface area contributed by atoms with Crippen LogP contribution in [0, 0.1) is 0 Å². The predicted octanol–water partition coefficient (Wildman–Crippen LogP) is 0.873. The van der Waals surface area contributed by atoms with Crippen molar-refractivity contribution in [3.8, 4) is 0 Å². The van der Waals surface area contributed by atoms with Crippen molar-refractivity contribution in [2.24, 2.45) is 0 Å². The fourth-order valence-electron chi connectivity index (χ4n) is 2.59. The van der Waals surface area contributed by atoms with Crippen LogP contribution in [0.1, 0.15) is 0 Å². The van der Waals surface area contributed by atoms with Gasteiger partial charge in [-0.3, -0.25) is 4.79 Å². The first-order valence-electron chi connectivity index (χ1n) is 6.73. The van der Waals surface area contributed by atoms with E-state index in [4.69, 9.17) is 5.11 Å². The molecule has 6 heteroatoms. The molecule has 2 heterocycles. The molecule has 1 aromatic carbocycles. The number of benzene rings is 1. The zero-order chi connectivity index (χ0) is 14.1. The summed E-state index contributed by atoms with van der Waals surface area (Å²) in [6, 6.07) is 6.05. The van der Waals surface area contributed by atoms with E-state index in [0.717, 1.165) is 42.9 Å². The standard InChI is InChI=1S/C14H18N4O2/c1-16-4-6-17(7-5-16)11-2-3-13-12(8-11)15-10-18(13)9-14(19)20/h2-3,8,10H,4-7,9H2,1H3,(H,19,20). The van der Waals surface area contributed by atoms with Crippen molar-refractivity contribution in [3.05, 3.63) is 24.5 Å². The van der Waals surface area contributed by atoms with Crippen LogP contribution in [-0.4, -0.2) is 58.8 Å². The van der Waals surface area contributed by atoms with E-state index < -0.39 is 5.97 Å². The third-order valence-corrected chi connectivity index (χ3v) is 3.78. The number of carbonyl (C=O) groups is 1.